The Bertz CT molecular complexity index is 244. The van der Waals surface area contributed by atoms with E-state index in [4.69, 9.17) is 5.26 Å². The molecule has 0 spiro atoms. The number of nitrogens with one attached hydrogen (secondary N) is 1. The molecule has 1 rings (SSSR count). The van der Waals surface area contributed by atoms with Gasteiger partial charge in [-0.3, -0.25) is 4.79 Å². The standard InChI is InChI=1S/C12H20N2O/c1-2-3-4-8-12(15)14-11-7-5-6-10(11)9-13/h10-11H,2-8H2,1H3,(H,14,15). The summed E-state index contributed by atoms with van der Waals surface area (Å²) in [5, 5.41) is 11.8. The predicted molar refractivity (Wildman–Crippen MR) is 59.0 cm³/mol. The summed E-state index contributed by atoms with van der Waals surface area (Å²) in [4.78, 5) is 11.5. The Morgan fingerprint density at radius 1 is 1.47 bits per heavy atom. The van der Waals surface area contributed by atoms with Gasteiger partial charge in [-0.15, -0.1) is 0 Å². The molecule has 3 nitrogen and oxygen atoms in total. The van der Waals surface area contributed by atoms with E-state index < -0.39 is 0 Å². The van der Waals surface area contributed by atoms with Crippen molar-refractivity contribution >= 4 is 5.91 Å². The van der Waals surface area contributed by atoms with Crippen molar-refractivity contribution in [2.45, 2.75) is 57.9 Å². The van der Waals surface area contributed by atoms with Gasteiger partial charge in [0.25, 0.3) is 0 Å². The first kappa shape index (κ1) is 12.0. The number of nitriles is 1. The maximum absolute atomic E-state index is 11.5. The van der Waals surface area contributed by atoms with Gasteiger partial charge >= 0.3 is 0 Å². The van der Waals surface area contributed by atoms with Gasteiger partial charge in [-0.25, -0.2) is 0 Å². The van der Waals surface area contributed by atoms with E-state index in [0.29, 0.717) is 6.42 Å². The molecule has 0 aromatic rings. The van der Waals surface area contributed by atoms with Crippen molar-refractivity contribution in [3.8, 4) is 6.07 Å². The summed E-state index contributed by atoms with van der Waals surface area (Å²) in [6.45, 7) is 2.13. The summed E-state index contributed by atoms with van der Waals surface area (Å²) >= 11 is 0. The lowest BCUT2D eigenvalue weighted by Gasteiger charge is -2.15. The van der Waals surface area contributed by atoms with Gasteiger partial charge in [0, 0.05) is 12.5 Å². The van der Waals surface area contributed by atoms with Crippen LogP contribution in [0.15, 0.2) is 0 Å². The van der Waals surface area contributed by atoms with Crippen molar-refractivity contribution in [2.75, 3.05) is 0 Å². The van der Waals surface area contributed by atoms with Gasteiger partial charge < -0.3 is 5.32 Å². The van der Waals surface area contributed by atoms with Gasteiger partial charge in [-0.1, -0.05) is 19.8 Å². The molecule has 1 fully saturated rings. The minimum absolute atomic E-state index is 0.0418. The summed E-state index contributed by atoms with van der Waals surface area (Å²) in [7, 11) is 0. The first-order chi connectivity index (χ1) is 7.27. The molecule has 2 atom stereocenters. The Morgan fingerprint density at radius 3 is 2.93 bits per heavy atom. The summed E-state index contributed by atoms with van der Waals surface area (Å²) in [5.74, 6) is 0.163. The summed E-state index contributed by atoms with van der Waals surface area (Å²) in [6, 6.07) is 2.39. The lowest BCUT2D eigenvalue weighted by molar-refractivity contribution is -0.122. The monoisotopic (exact) mass is 208 g/mol. The molecule has 0 aromatic heterocycles. The van der Waals surface area contributed by atoms with Crippen molar-refractivity contribution < 1.29 is 4.79 Å². The van der Waals surface area contributed by atoms with Crippen molar-refractivity contribution in [3.05, 3.63) is 0 Å². The Hall–Kier alpha value is -1.04. The summed E-state index contributed by atoms with van der Waals surface area (Å²) in [6.07, 6.45) is 6.80. The highest BCUT2D eigenvalue weighted by molar-refractivity contribution is 5.76. The van der Waals surface area contributed by atoms with Gasteiger partial charge in [0.05, 0.1) is 12.0 Å². The van der Waals surface area contributed by atoms with Crippen LogP contribution < -0.4 is 5.32 Å². The molecule has 0 saturated heterocycles. The Balaban J connectivity index is 2.22. The Labute approximate surface area is 91.9 Å². The molecular weight excluding hydrogens is 188 g/mol. The molecule has 1 aliphatic rings. The van der Waals surface area contributed by atoms with Crippen LogP contribution >= 0.6 is 0 Å². The average molecular weight is 208 g/mol. The molecule has 0 aromatic carbocycles. The first-order valence-electron chi connectivity index (χ1n) is 5.97. The lowest BCUT2D eigenvalue weighted by Crippen LogP contribution is -2.36. The number of amides is 1. The number of rotatable bonds is 5. The van der Waals surface area contributed by atoms with E-state index in [1.165, 1.54) is 0 Å². The molecule has 1 saturated carbocycles. The van der Waals surface area contributed by atoms with Crippen LogP contribution in [0, 0.1) is 17.2 Å². The second kappa shape index (κ2) is 6.44. The van der Waals surface area contributed by atoms with Crippen molar-refractivity contribution in [1.82, 2.24) is 5.32 Å². The number of carbonyl (C=O) groups excluding carboxylic acids is 1. The average Bonchev–Trinajstić information content (AvgIpc) is 2.65. The topological polar surface area (TPSA) is 52.9 Å². The van der Waals surface area contributed by atoms with Crippen LogP contribution in [0.2, 0.25) is 0 Å². The number of nitrogens with zero attached hydrogens (tertiary/aromatic N) is 1. The van der Waals surface area contributed by atoms with Gasteiger partial charge in [0.1, 0.15) is 0 Å². The highest BCUT2D eigenvalue weighted by Crippen LogP contribution is 2.24. The fourth-order valence-electron chi connectivity index (χ4n) is 2.10. The highest BCUT2D eigenvalue weighted by Gasteiger charge is 2.27. The van der Waals surface area contributed by atoms with Gasteiger partial charge in [-0.05, 0) is 25.7 Å². The molecule has 0 radical (unpaired) electrons. The van der Waals surface area contributed by atoms with Crippen molar-refractivity contribution in [3.63, 3.8) is 0 Å². The number of hydrogen-bond donors (Lipinski definition) is 1. The minimum Gasteiger partial charge on any atom is -0.352 e. The van der Waals surface area contributed by atoms with Crippen LogP contribution in [0.3, 0.4) is 0 Å². The minimum atomic E-state index is 0.0418. The van der Waals surface area contributed by atoms with Crippen LogP contribution in [0.5, 0.6) is 0 Å². The molecule has 84 valence electrons. The van der Waals surface area contributed by atoms with Crippen LogP contribution in [0.1, 0.15) is 51.9 Å². The van der Waals surface area contributed by atoms with E-state index in [1.54, 1.807) is 0 Å². The zero-order chi connectivity index (χ0) is 11.1. The van der Waals surface area contributed by atoms with E-state index in [0.717, 1.165) is 38.5 Å². The fraction of sp³-hybridized carbons (Fsp3) is 0.833. The third kappa shape index (κ3) is 3.91. The third-order valence-corrected chi connectivity index (χ3v) is 3.04. The molecule has 15 heavy (non-hydrogen) atoms. The maximum Gasteiger partial charge on any atom is 0.220 e. The second-order valence-corrected chi connectivity index (χ2v) is 4.30. The van der Waals surface area contributed by atoms with E-state index >= 15 is 0 Å². The van der Waals surface area contributed by atoms with Crippen LogP contribution in [-0.2, 0) is 4.79 Å². The zero-order valence-corrected chi connectivity index (χ0v) is 9.46. The van der Waals surface area contributed by atoms with Gasteiger partial charge in [0.15, 0.2) is 0 Å². The second-order valence-electron chi connectivity index (χ2n) is 4.30. The predicted octanol–water partition coefficient (Wildman–Crippen LogP) is 2.38. The van der Waals surface area contributed by atoms with Gasteiger partial charge in [0.2, 0.25) is 5.91 Å². The van der Waals surface area contributed by atoms with Gasteiger partial charge in [-0.2, -0.15) is 5.26 Å². The SMILES string of the molecule is CCCCCC(=O)NC1CCCC1C#N. The molecule has 0 heterocycles. The lowest BCUT2D eigenvalue weighted by atomic mass is 10.1. The van der Waals surface area contributed by atoms with Crippen LogP contribution in [-0.4, -0.2) is 11.9 Å². The number of unbranched alkanes of at least 4 members (excludes halogenated alkanes) is 2. The molecule has 3 heteroatoms. The molecule has 0 bridgehead atoms. The van der Waals surface area contributed by atoms with Crippen LogP contribution in [0.25, 0.3) is 0 Å². The smallest absolute Gasteiger partial charge is 0.220 e. The largest absolute Gasteiger partial charge is 0.352 e. The van der Waals surface area contributed by atoms with E-state index in [1.807, 2.05) is 0 Å². The molecule has 1 aliphatic carbocycles. The fourth-order valence-corrected chi connectivity index (χ4v) is 2.10. The van der Waals surface area contributed by atoms with Crippen molar-refractivity contribution in [1.29, 1.82) is 5.26 Å². The van der Waals surface area contributed by atoms with E-state index in [2.05, 4.69) is 18.3 Å². The first-order valence-corrected chi connectivity index (χ1v) is 5.97. The Kier molecular flexibility index (Phi) is 5.17. The van der Waals surface area contributed by atoms with Crippen LogP contribution in [0.4, 0.5) is 0 Å². The molecule has 1 amide bonds. The van der Waals surface area contributed by atoms with E-state index in [9.17, 15) is 4.79 Å². The number of hydrogen-bond acceptors (Lipinski definition) is 2. The van der Waals surface area contributed by atoms with E-state index in [-0.39, 0.29) is 17.9 Å². The number of carbonyl (C=O) groups is 1. The molecule has 0 aliphatic heterocycles. The maximum atomic E-state index is 11.5. The normalized spacial score (nSPS) is 24.8. The summed E-state index contributed by atoms with van der Waals surface area (Å²) in [5.41, 5.74) is 0. The summed E-state index contributed by atoms with van der Waals surface area (Å²) < 4.78 is 0. The Morgan fingerprint density at radius 2 is 2.27 bits per heavy atom. The third-order valence-electron chi connectivity index (χ3n) is 3.04. The molecule has 1 N–H and O–H groups in total. The zero-order valence-electron chi connectivity index (χ0n) is 9.46. The molecule has 2 unspecified atom stereocenters. The quantitative estimate of drug-likeness (QED) is 0.705. The van der Waals surface area contributed by atoms with Crippen molar-refractivity contribution in [2.24, 2.45) is 5.92 Å². The molecular formula is C12H20N2O. The highest BCUT2D eigenvalue weighted by atomic mass is 16.1.